The number of rotatable bonds is 7. The molecule has 160 valence electrons. The fourth-order valence-electron chi connectivity index (χ4n) is 3.22. The summed E-state index contributed by atoms with van der Waals surface area (Å²) in [6.07, 6.45) is 3.39. The molecule has 1 fully saturated rings. The molecule has 0 bridgehead atoms. The summed E-state index contributed by atoms with van der Waals surface area (Å²) >= 11 is 3.27. The first-order valence-corrected chi connectivity index (χ1v) is 11.8. The Hall–Kier alpha value is -2.23. The normalized spacial score (nSPS) is 14.9. The van der Waals surface area contributed by atoms with Crippen LogP contribution in [0.1, 0.15) is 35.2 Å². The van der Waals surface area contributed by atoms with Gasteiger partial charge in [0, 0.05) is 23.2 Å². The van der Waals surface area contributed by atoms with Crippen LogP contribution in [0.3, 0.4) is 0 Å². The molecule has 0 aromatic heterocycles. The van der Waals surface area contributed by atoms with E-state index in [-0.39, 0.29) is 11.5 Å². The smallest absolute Gasteiger partial charge is 0.262 e. The number of ether oxygens (including phenoxy) is 1. The van der Waals surface area contributed by atoms with Crippen LogP contribution in [0.5, 0.6) is 5.75 Å². The quantitative estimate of drug-likeness (QED) is 0.591. The van der Waals surface area contributed by atoms with E-state index >= 15 is 0 Å². The molecule has 1 saturated heterocycles. The summed E-state index contributed by atoms with van der Waals surface area (Å²) in [5.41, 5.74) is 1.47. The van der Waals surface area contributed by atoms with Gasteiger partial charge in [-0.15, -0.1) is 0 Å². The van der Waals surface area contributed by atoms with Crippen LogP contribution in [-0.4, -0.2) is 44.6 Å². The lowest BCUT2D eigenvalue weighted by molar-refractivity contribution is -0.118. The number of hydrogen-bond acceptors (Lipinski definition) is 5. The summed E-state index contributed by atoms with van der Waals surface area (Å²) in [6, 6.07) is 9.61. The first kappa shape index (κ1) is 22.5. The van der Waals surface area contributed by atoms with Crippen LogP contribution in [-0.2, 0) is 14.8 Å². The Bertz CT molecular complexity index is 1050. The highest BCUT2D eigenvalue weighted by molar-refractivity contribution is 9.10. The number of carbonyl (C=O) groups excluding carboxylic acids is 2. The van der Waals surface area contributed by atoms with E-state index in [1.165, 1.54) is 10.4 Å². The number of nitrogens with zero attached hydrogens (tertiary/aromatic N) is 1. The van der Waals surface area contributed by atoms with E-state index in [0.29, 0.717) is 36.4 Å². The number of benzene rings is 2. The second-order valence-corrected chi connectivity index (χ2v) is 9.93. The van der Waals surface area contributed by atoms with Gasteiger partial charge in [0.15, 0.2) is 12.9 Å². The van der Waals surface area contributed by atoms with Gasteiger partial charge < -0.3 is 10.1 Å². The second-order valence-electron chi connectivity index (χ2n) is 7.08. The minimum absolute atomic E-state index is 0.155. The van der Waals surface area contributed by atoms with Crippen molar-refractivity contribution < 1.29 is 22.7 Å². The minimum Gasteiger partial charge on any atom is -0.483 e. The molecule has 1 N–H and O–H groups in total. The maximum atomic E-state index is 12.9. The molecule has 0 atom stereocenters. The first-order chi connectivity index (χ1) is 14.3. The van der Waals surface area contributed by atoms with Crippen LogP contribution in [0.2, 0.25) is 0 Å². The lowest BCUT2D eigenvalue weighted by Crippen LogP contribution is -2.35. The number of aryl methyl sites for hydroxylation is 1. The number of nitrogens with one attached hydrogen (secondary N) is 1. The van der Waals surface area contributed by atoms with E-state index in [1.54, 1.807) is 37.3 Å². The number of hydrogen-bond donors (Lipinski definition) is 1. The summed E-state index contributed by atoms with van der Waals surface area (Å²) in [5.74, 6) is -0.160. The Morgan fingerprint density at radius 3 is 2.60 bits per heavy atom. The van der Waals surface area contributed by atoms with Crippen molar-refractivity contribution in [3.05, 3.63) is 52.0 Å². The lowest BCUT2D eigenvalue weighted by atomic mass is 10.2. The van der Waals surface area contributed by atoms with Crippen molar-refractivity contribution in [2.75, 3.05) is 25.0 Å². The van der Waals surface area contributed by atoms with Gasteiger partial charge in [-0.1, -0.05) is 28.4 Å². The summed E-state index contributed by atoms with van der Waals surface area (Å²) < 4.78 is 33.5. The predicted molar refractivity (Wildman–Crippen MR) is 117 cm³/mol. The fourth-order valence-corrected chi connectivity index (χ4v) is 5.15. The molecular weight excluding hydrogens is 472 g/mol. The minimum atomic E-state index is -3.60. The standard InChI is InChI=1S/C21H23BrN2O5S/c1-15-5-7-18(30(27,28)24-9-3-2-4-10-24)12-19(15)23-21(26)14-29-20-8-6-17(22)11-16(20)13-25/h5-8,11-13H,2-4,9-10,14H2,1H3,(H,23,26). The van der Waals surface area contributed by atoms with Crippen molar-refractivity contribution in [1.29, 1.82) is 0 Å². The summed E-state index contributed by atoms with van der Waals surface area (Å²) in [5, 5.41) is 2.70. The highest BCUT2D eigenvalue weighted by Gasteiger charge is 2.26. The Morgan fingerprint density at radius 2 is 1.90 bits per heavy atom. The molecule has 2 aromatic rings. The zero-order chi connectivity index (χ0) is 21.7. The number of carbonyl (C=O) groups is 2. The zero-order valence-electron chi connectivity index (χ0n) is 16.6. The number of aldehydes is 1. The van der Waals surface area contributed by atoms with Crippen LogP contribution >= 0.6 is 15.9 Å². The topological polar surface area (TPSA) is 92.8 Å². The Kier molecular flexibility index (Phi) is 7.27. The molecule has 0 radical (unpaired) electrons. The van der Waals surface area contributed by atoms with Gasteiger partial charge in [-0.2, -0.15) is 4.31 Å². The molecule has 7 nitrogen and oxygen atoms in total. The van der Waals surface area contributed by atoms with E-state index in [1.807, 2.05) is 0 Å². The van der Waals surface area contributed by atoms with Crippen LogP contribution in [0.25, 0.3) is 0 Å². The van der Waals surface area contributed by atoms with Crippen molar-refractivity contribution in [2.45, 2.75) is 31.1 Å². The highest BCUT2D eigenvalue weighted by Crippen LogP contribution is 2.25. The van der Waals surface area contributed by atoms with Gasteiger partial charge in [0.1, 0.15) is 5.75 Å². The summed E-state index contributed by atoms with van der Waals surface area (Å²) in [4.78, 5) is 23.7. The molecule has 0 saturated carbocycles. The molecule has 2 aromatic carbocycles. The largest absolute Gasteiger partial charge is 0.483 e. The first-order valence-electron chi connectivity index (χ1n) is 9.59. The molecule has 0 unspecified atom stereocenters. The van der Waals surface area contributed by atoms with Gasteiger partial charge in [0.05, 0.1) is 10.5 Å². The average molecular weight is 495 g/mol. The lowest BCUT2D eigenvalue weighted by Gasteiger charge is -2.26. The third-order valence-electron chi connectivity index (χ3n) is 4.89. The maximum Gasteiger partial charge on any atom is 0.262 e. The summed E-state index contributed by atoms with van der Waals surface area (Å²) in [7, 11) is -3.60. The van der Waals surface area contributed by atoms with Crippen molar-refractivity contribution in [2.24, 2.45) is 0 Å². The van der Waals surface area contributed by atoms with E-state index in [0.717, 1.165) is 29.3 Å². The van der Waals surface area contributed by atoms with Crippen LogP contribution in [0.4, 0.5) is 5.69 Å². The molecule has 1 heterocycles. The SMILES string of the molecule is Cc1ccc(S(=O)(=O)N2CCCCC2)cc1NC(=O)COc1ccc(Br)cc1C=O. The molecule has 3 rings (SSSR count). The maximum absolute atomic E-state index is 12.9. The Labute approximate surface area is 184 Å². The van der Waals surface area contributed by atoms with Gasteiger partial charge in [0.25, 0.3) is 5.91 Å². The van der Waals surface area contributed by atoms with E-state index in [2.05, 4.69) is 21.2 Å². The molecule has 30 heavy (non-hydrogen) atoms. The third-order valence-corrected chi connectivity index (χ3v) is 7.28. The molecular formula is C21H23BrN2O5S. The van der Waals surface area contributed by atoms with E-state index < -0.39 is 15.9 Å². The van der Waals surface area contributed by atoms with E-state index in [4.69, 9.17) is 4.74 Å². The van der Waals surface area contributed by atoms with Gasteiger partial charge in [-0.05, 0) is 55.7 Å². The van der Waals surface area contributed by atoms with Gasteiger partial charge >= 0.3 is 0 Å². The van der Waals surface area contributed by atoms with Crippen LogP contribution < -0.4 is 10.1 Å². The molecule has 1 amide bonds. The number of sulfonamides is 1. The van der Waals surface area contributed by atoms with Crippen molar-refractivity contribution >= 4 is 43.8 Å². The van der Waals surface area contributed by atoms with Crippen molar-refractivity contribution in [1.82, 2.24) is 4.31 Å². The number of halogens is 1. The molecule has 1 aliphatic rings. The van der Waals surface area contributed by atoms with Crippen molar-refractivity contribution in [3.8, 4) is 5.75 Å². The number of anilines is 1. The van der Waals surface area contributed by atoms with Gasteiger partial charge in [-0.3, -0.25) is 9.59 Å². The van der Waals surface area contributed by atoms with Gasteiger partial charge in [-0.25, -0.2) is 8.42 Å². The van der Waals surface area contributed by atoms with Gasteiger partial charge in [0.2, 0.25) is 10.0 Å². The third kappa shape index (κ3) is 5.27. The fraction of sp³-hybridized carbons (Fsp3) is 0.333. The average Bonchev–Trinajstić information content (AvgIpc) is 2.74. The molecule has 0 spiro atoms. The van der Waals surface area contributed by atoms with Crippen molar-refractivity contribution in [3.63, 3.8) is 0 Å². The molecule has 1 aliphatic heterocycles. The predicted octanol–water partition coefficient (Wildman–Crippen LogP) is 3.76. The van der Waals surface area contributed by atoms with Crippen LogP contribution in [0.15, 0.2) is 45.8 Å². The molecule has 0 aliphatic carbocycles. The molecule has 9 heteroatoms. The number of amides is 1. The Balaban J connectivity index is 1.71. The summed E-state index contributed by atoms with van der Waals surface area (Å²) in [6.45, 7) is 2.49. The van der Waals surface area contributed by atoms with Crippen LogP contribution in [0, 0.1) is 6.92 Å². The number of piperidine rings is 1. The monoisotopic (exact) mass is 494 g/mol. The zero-order valence-corrected chi connectivity index (χ0v) is 19.0. The Morgan fingerprint density at radius 1 is 1.17 bits per heavy atom. The second kappa shape index (κ2) is 9.72. The van der Waals surface area contributed by atoms with E-state index in [9.17, 15) is 18.0 Å². The highest BCUT2D eigenvalue weighted by atomic mass is 79.9.